The first-order valence-corrected chi connectivity index (χ1v) is 13.1. The van der Waals surface area contributed by atoms with Crippen LogP contribution in [-0.4, -0.2) is 31.9 Å². The van der Waals surface area contributed by atoms with E-state index in [1.54, 1.807) is 12.1 Å². The van der Waals surface area contributed by atoms with Crippen LogP contribution in [0.4, 0.5) is 0 Å². The third-order valence-electron chi connectivity index (χ3n) is 6.52. The number of nitrogens with one attached hydrogen (secondary N) is 1. The summed E-state index contributed by atoms with van der Waals surface area (Å²) in [4.78, 5) is 18.0. The summed E-state index contributed by atoms with van der Waals surface area (Å²) >= 11 is 0. The van der Waals surface area contributed by atoms with E-state index in [0.29, 0.717) is 24.3 Å². The Hall–Kier alpha value is -3.03. The second kappa shape index (κ2) is 9.31. The molecule has 1 heterocycles. The zero-order chi connectivity index (χ0) is 24.5. The fraction of sp³-hybridized carbons (Fsp3) is 0.333. The summed E-state index contributed by atoms with van der Waals surface area (Å²) in [7, 11) is -3.86. The van der Waals surface area contributed by atoms with E-state index in [-0.39, 0.29) is 10.8 Å². The first kappa shape index (κ1) is 24.1. The normalized spacial score (nSPS) is 19.3. The molecule has 0 saturated carbocycles. The highest BCUT2D eigenvalue weighted by Gasteiger charge is 2.51. The predicted octanol–water partition coefficient (Wildman–Crippen LogP) is 5.17. The third kappa shape index (κ3) is 4.38. The molecule has 0 unspecified atom stereocenters. The van der Waals surface area contributed by atoms with Crippen molar-refractivity contribution in [2.24, 2.45) is 4.99 Å². The van der Waals surface area contributed by atoms with E-state index in [0.717, 1.165) is 16.3 Å². The molecule has 2 atom stereocenters. The molecule has 1 aliphatic heterocycles. The van der Waals surface area contributed by atoms with Gasteiger partial charge in [0.05, 0.1) is 10.9 Å². The molecule has 7 heteroatoms. The van der Waals surface area contributed by atoms with Gasteiger partial charge in [0.1, 0.15) is 0 Å². The van der Waals surface area contributed by atoms with Gasteiger partial charge in [-0.25, -0.2) is 22.9 Å². The third-order valence-corrected chi connectivity index (χ3v) is 8.01. The van der Waals surface area contributed by atoms with Crippen molar-refractivity contribution >= 4 is 32.7 Å². The van der Waals surface area contributed by atoms with Gasteiger partial charge < -0.3 is 4.74 Å². The van der Waals surface area contributed by atoms with Gasteiger partial charge in [-0.15, -0.1) is 0 Å². The number of hydrogen-bond acceptors (Lipinski definition) is 5. The fourth-order valence-corrected chi connectivity index (χ4v) is 5.73. The number of sulfonamides is 1. The van der Waals surface area contributed by atoms with Crippen molar-refractivity contribution in [1.82, 2.24) is 4.72 Å². The number of fused-ring (bicyclic) bond motifs is 1. The summed E-state index contributed by atoms with van der Waals surface area (Å²) in [6.07, 6.45) is 0.678. The Morgan fingerprint density at radius 1 is 0.971 bits per heavy atom. The maximum Gasteiger partial charge on any atom is 0.342 e. The molecule has 0 radical (unpaired) electrons. The minimum Gasteiger partial charge on any atom is -0.405 e. The lowest BCUT2D eigenvalue weighted by Crippen LogP contribution is -2.54. The average molecular weight is 479 g/mol. The lowest BCUT2D eigenvalue weighted by molar-refractivity contribution is -0.140. The van der Waals surface area contributed by atoms with Gasteiger partial charge in [-0.3, -0.25) is 0 Å². The molecule has 1 N–H and O–H groups in total. The Kier molecular flexibility index (Phi) is 6.60. The van der Waals surface area contributed by atoms with Gasteiger partial charge in [-0.05, 0) is 59.4 Å². The standard InChI is InChI=1S/C27H30N2O4S/c1-5-24(29-34(31,32)23-15-13-19(14-16-23)18(3)4)27(6-2)26(30)33-25(28-27)22-12-11-20-9-7-8-10-21(20)17-22/h7-18,24,29H,5-6H2,1-4H3/t24-,27-/m0/s1. The number of hydrogen-bond donors (Lipinski definition) is 1. The van der Waals surface area contributed by atoms with Crippen molar-refractivity contribution in [3.8, 4) is 0 Å². The van der Waals surface area contributed by atoms with E-state index >= 15 is 0 Å². The number of carbonyl (C=O) groups is 1. The van der Waals surface area contributed by atoms with Crippen molar-refractivity contribution in [1.29, 1.82) is 0 Å². The summed E-state index contributed by atoms with van der Waals surface area (Å²) in [5, 5.41) is 2.07. The lowest BCUT2D eigenvalue weighted by atomic mass is 9.87. The van der Waals surface area contributed by atoms with Crippen LogP contribution in [0.3, 0.4) is 0 Å². The summed E-state index contributed by atoms with van der Waals surface area (Å²) in [5.74, 6) is -0.0213. The van der Waals surface area contributed by atoms with Gasteiger partial charge in [-0.1, -0.05) is 70.2 Å². The van der Waals surface area contributed by atoms with Gasteiger partial charge in [0.15, 0.2) is 5.54 Å². The Morgan fingerprint density at radius 2 is 1.65 bits per heavy atom. The van der Waals surface area contributed by atoms with Gasteiger partial charge in [0.25, 0.3) is 0 Å². The van der Waals surface area contributed by atoms with Gasteiger partial charge in [0.2, 0.25) is 15.9 Å². The average Bonchev–Trinajstić information content (AvgIpc) is 3.19. The first-order valence-electron chi connectivity index (χ1n) is 11.6. The maximum absolute atomic E-state index is 13.2. The smallest absolute Gasteiger partial charge is 0.342 e. The molecule has 0 aliphatic carbocycles. The van der Waals surface area contributed by atoms with Crippen molar-refractivity contribution in [3.05, 3.63) is 77.9 Å². The predicted molar refractivity (Wildman–Crippen MR) is 135 cm³/mol. The molecule has 4 rings (SSSR count). The monoisotopic (exact) mass is 478 g/mol. The number of rotatable bonds is 8. The molecule has 6 nitrogen and oxygen atoms in total. The van der Waals surface area contributed by atoms with Crippen LogP contribution in [0, 0.1) is 0 Å². The van der Waals surface area contributed by atoms with E-state index in [2.05, 4.69) is 18.6 Å². The zero-order valence-electron chi connectivity index (χ0n) is 19.9. The number of ether oxygens (including phenoxy) is 1. The number of aliphatic imine (C=N–C) groups is 1. The number of benzene rings is 3. The van der Waals surface area contributed by atoms with Crippen molar-refractivity contribution in [3.63, 3.8) is 0 Å². The van der Waals surface area contributed by atoms with Crippen LogP contribution in [0.1, 0.15) is 57.6 Å². The molecule has 0 amide bonds. The summed E-state index contributed by atoms with van der Waals surface area (Å²) in [6, 6.07) is 19.7. The maximum atomic E-state index is 13.2. The van der Waals surface area contributed by atoms with Crippen LogP contribution in [-0.2, 0) is 19.6 Å². The second-order valence-electron chi connectivity index (χ2n) is 8.95. The lowest BCUT2D eigenvalue weighted by Gasteiger charge is -2.30. The van der Waals surface area contributed by atoms with Crippen LogP contribution in [0.25, 0.3) is 10.8 Å². The topological polar surface area (TPSA) is 84.8 Å². The number of esters is 1. The van der Waals surface area contributed by atoms with Crippen molar-refractivity contribution < 1.29 is 17.9 Å². The summed E-state index contributed by atoms with van der Waals surface area (Å²) < 4.78 is 34.7. The molecule has 3 aromatic rings. The van der Waals surface area contributed by atoms with E-state index in [9.17, 15) is 13.2 Å². The minimum absolute atomic E-state index is 0.159. The van der Waals surface area contributed by atoms with Crippen molar-refractivity contribution in [2.75, 3.05) is 0 Å². The molecule has 3 aromatic carbocycles. The van der Waals surface area contributed by atoms with Crippen molar-refractivity contribution in [2.45, 2.75) is 62.9 Å². The first-order chi connectivity index (χ1) is 16.2. The van der Waals surface area contributed by atoms with E-state index in [4.69, 9.17) is 9.73 Å². The highest BCUT2D eigenvalue weighted by atomic mass is 32.2. The van der Waals surface area contributed by atoms with Crippen LogP contribution < -0.4 is 4.72 Å². The fourth-order valence-electron chi connectivity index (χ4n) is 4.37. The largest absolute Gasteiger partial charge is 0.405 e. The second-order valence-corrected chi connectivity index (χ2v) is 10.7. The summed E-state index contributed by atoms with van der Waals surface area (Å²) in [5.41, 5.74) is 0.407. The molecular formula is C27H30N2O4S. The zero-order valence-corrected chi connectivity index (χ0v) is 20.7. The Balaban J connectivity index is 1.67. The minimum atomic E-state index is -3.86. The Labute approximate surface area is 201 Å². The molecule has 0 fully saturated rings. The van der Waals surface area contributed by atoms with E-state index in [1.165, 1.54) is 0 Å². The quantitative estimate of drug-likeness (QED) is 0.453. The van der Waals surface area contributed by atoms with Crippen LogP contribution in [0.5, 0.6) is 0 Å². The number of nitrogens with zero attached hydrogens (tertiary/aromatic N) is 1. The van der Waals surface area contributed by atoms with Crippen LogP contribution in [0.15, 0.2) is 76.6 Å². The molecule has 0 bridgehead atoms. The molecule has 1 aliphatic rings. The highest BCUT2D eigenvalue weighted by Crippen LogP contribution is 2.33. The molecule has 0 saturated heterocycles. The van der Waals surface area contributed by atoms with E-state index in [1.807, 2.05) is 68.4 Å². The highest BCUT2D eigenvalue weighted by molar-refractivity contribution is 7.89. The molecule has 0 spiro atoms. The number of carbonyl (C=O) groups excluding carboxylic acids is 1. The SMILES string of the molecule is CC[C@H](NS(=O)(=O)c1ccc(C(C)C)cc1)[C@]1(CC)N=C(c2ccc3ccccc3c2)OC1=O. The molecular weight excluding hydrogens is 448 g/mol. The van der Waals surface area contributed by atoms with Gasteiger partial charge in [-0.2, -0.15) is 0 Å². The summed E-state index contributed by atoms with van der Waals surface area (Å²) in [6.45, 7) is 7.76. The molecule has 0 aromatic heterocycles. The molecule has 178 valence electrons. The Bertz CT molecular complexity index is 1350. The van der Waals surface area contributed by atoms with Crippen LogP contribution in [0.2, 0.25) is 0 Å². The van der Waals surface area contributed by atoms with Crippen LogP contribution >= 0.6 is 0 Å². The Morgan fingerprint density at radius 3 is 2.26 bits per heavy atom. The van der Waals surface area contributed by atoms with E-state index < -0.39 is 27.6 Å². The number of cyclic esters (lactones) is 1. The van der Waals surface area contributed by atoms with Gasteiger partial charge in [0, 0.05) is 5.56 Å². The van der Waals surface area contributed by atoms with Gasteiger partial charge >= 0.3 is 5.97 Å². The molecule has 34 heavy (non-hydrogen) atoms.